The maximum Gasteiger partial charge on any atom is 0.260 e. The summed E-state index contributed by atoms with van der Waals surface area (Å²) >= 11 is 0. The van der Waals surface area contributed by atoms with Crippen molar-refractivity contribution in [2.75, 3.05) is 26.2 Å². The Morgan fingerprint density at radius 1 is 1.32 bits per heavy atom. The molecule has 126 valence electrons. The van der Waals surface area contributed by atoms with Gasteiger partial charge in [0.05, 0.1) is 6.20 Å². The number of sulfonamides is 1. The standard InChI is InChI=1S/C14H24N4O2S.ClH/c1-2-15-10-12-5-8-17(9-6-12)21(19,20)14-11-16-13-4-3-7-18(13)14;/h11-12,15H,2-10H2,1H3;1H. The number of hydrogen-bond donors (Lipinski definition) is 1. The molecular weight excluding hydrogens is 324 g/mol. The van der Waals surface area contributed by atoms with E-state index < -0.39 is 10.0 Å². The number of piperidine rings is 1. The highest BCUT2D eigenvalue weighted by Crippen LogP contribution is 2.26. The Bertz CT molecular complexity index is 594. The molecule has 8 heteroatoms. The summed E-state index contributed by atoms with van der Waals surface area (Å²) in [6, 6.07) is 0. The fourth-order valence-electron chi connectivity index (χ4n) is 3.27. The van der Waals surface area contributed by atoms with Crippen molar-refractivity contribution in [1.29, 1.82) is 0 Å². The topological polar surface area (TPSA) is 67.2 Å². The Balaban J connectivity index is 0.00000176. The molecule has 0 saturated carbocycles. The monoisotopic (exact) mass is 348 g/mol. The molecule has 2 aliphatic heterocycles. The van der Waals surface area contributed by atoms with Crippen LogP contribution in [0.3, 0.4) is 0 Å². The minimum atomic E-state index is -3.37. The molecule has 2 aliphatic rings. The predicted octanol–water partition coefficient (Wildman–Crippen LogP) is 1.26. The van der Waals surface area contributed by atoms with Crippen molar-refractivity contribution >= 4 is 22.4 Å². The predicted molar refractivity (Wildman–Crippen MR) is 87.8 cm³/mol. The molecule has 0 amide bonds. The van der Waals surface area contributed by atoms with Crippen LogP contribution in [0.2, 0.25) is 0 Å². The third-order valence-electron chi connectivity index (χ3n) is 4.54. The second-order valence-corrected chi connectivity index (χ2v) is 7.81. The first-order valence-electron chi connectivity index (χ1n) is 7.88. The molecule has 6 nitrogen and oxygen atoms in total. The minimum Gasteiger partial charge on any atom is -0.318 e. The molecule has 0 aliphatic carbocycles. The largest absolute Gasteiger partial charge is 0.318 e. The van der Waals surface area contributed by atoms with E-state index in [9.17, 15) is 8.42 Å². The van der Waals surface area contributed by atoms with Crippen molar-refractivity contribution in [1.82, 2.24) is 19.2 Å². The third kappa shape index (κ3) is 3.32. The molecule has 0 atom stereocenters. The molecule has 0 radical (unpaired) electrons. The molecule has 1 aromatic rings. The summed E-state index contributed by atoms with van der Waals surface area (Å²) in [4.78, 5) is 4.26. The van der Waals surface area contributed by atoms with Gasteiger partial charge in [-0.05, 0) is 38.3 Å². The van der Waals surface area contributed by atoms with Crippen molar-refractivity contribution in [3.8, 4) is 0 Å². The van der Waals surface area contributed by atoms with Gasteiger partial charge in [0, 0.05) is 26.1 Å². The van der Waals surface area contributed by atoms with Gasteiger partial charge in [-0.1, -0.05) is 6.92 Å². The van der Waals surface area contributed by atoms with Crippen LogP contribution in [-0.4, -0.2) is 48.5 Å². The Kier molecular flexibility index (Phi) is 5.87. The van der Waals surface area contributed by atoms with E-state index in [2.05, 4.69) is 17.2 Å². The van der Waals surface area contributed by atoms with Crippen LogP contribution in [0.5, 0.6) is 0 Å². The van der Waals surface area contributed by atoms with E-state index in [1.165, 1.54) is 6.20 Å². The van der Waals surface area contributed by atoms with Gasteiger partial charge in [-0.2, -0.15) is 4.31 Å². The van der Waals surface area contributed by atoms with Gasteiger partial charge in [-0.25, -0.2) is 13.4 Å². The Labute approximate surface area is 138 Å². The number of imidazole rings is 1. The molecule has 3 heterocycles. The lowest BCUT2D eigenvalue weighted by molar-refractivity contribution is 0.267. The zero-order valence-corrected chi connectivity index (χ0v) is 14.6. The van der Waals surface area contributed by atoms with Crippen LogP contribution in [-0.2, 0) is 23.0 Å². The van der Waals surface area contributed by atoms with Crippen molar-refractivity contribution in [3.63, 3.8) is 0 Å². The van der Waals surface area contributed by atoms with E-state index in [1.807, 2.05) is 4.57 Å². The van der Waals surface area contributed by atoms with Gasteiger partial charge in [-0.3, -0.25) is 0 Å². The Morgan fingerprint density at radius 3 is 2.73 bits per heavy atom. The lowest BCUT2D eigenvalue weighted by Crippen LogP contribution is -2.41. The van der Waals surface area contributed by atoms with Crippen molar-refractivity contribution in [3.05, 3.63) is 12.0 Å². The Morgan fingerprint density at radius 2 is 2.05 bits per heavy atom. The van der Waals surface area contributed by atoms with Crippen LogP contribution in [0.1, 0.15) is 32.0 Å². The van der Waals surface area contributed by atoms with E-state index in [0.29, 0.717) is 24.0 Å². The Hall–Kier alpha value is -0.630. The molecule has 3 rings (SSSR count). The first-order valence-corrected chi connectivity index (χ1v) is 9.32. The number of aromatic nitrogens is 2. The van der Waals surface area contributed by atoms with Crippen LogP contribution in [0.4, 0.5) is 0 Å². The molecule has 0 spiro atoms. The number of halogens is 1. The molecular formula is C14H25ClN4O2S. The normalized spacial score (nSPS) is 19.9. The molecule has 22 heavy (non-hydrogen) atoms. The average molecular weight is 349 g/mol. The summed E-state index contributed by atoms with van der Waals surface area (Å²) in [5.41, 5.74) is 0. The number of rotatable bonds is 5. The smallest absolute Gasteiger partial charge is 0.260 e. The van der Waals surface area contributed by atoms with Crippen molar-refractivity contribution in [2.45, 2.75) is 44.2 Å². The van der Waals surface area contributed by atoms with E-state index in [4.69, 9.17) is 0 Å². The maximum atomic E-state index is 12.8. The second-order valence-electron chi connectivity index (χ2n) is 5.92. The minimum absolute atomic E-state index is 0. The SMILES string of the molecule is CCNCC1CCN(S(=O)(=O)c2cnc3n2CCC3)CC1.Cl. The summed E-state index contributed by atoms with van der Waals surface area (Å²) in [5, 5.41) is 3.74. The zero-order valence-electron chi connectivity index (χ0n) is 13.0. The van der Waals surface area contributed by atoms with Gasteiger partial charge in [0.1, 0.15) is 5.82 Å². The second kappa shape index (κ2) is 7.29. The van der Waals surface area contributed by atoms with Gasteiger partial charge in [-0.15, -0.1) is 12.4 Å². The summed E-state index contributed by atoms with van der Waals surface area (Å²) in [6.07, 6.45) is 5.30. The lowest BCUT2D eigenvalue weighted by Gasteiger charge is -2.31. The van der Waals surface area contributed by atoms with E-state index in [-0.39, 0.29) is 12.4 Å². The molecule has 1 N–H and O–H groups in total. The van der Waals surface area contributed by atoms with Gasteiger partial charge in [0.25, 0.3) is 10.0 Å². The summed E-state index contributed by atoms with van der Waals surface area (Å²) in [7, 11) is -3.37. The van der Waals surface area contributed by atoms with E-state index in [0.717, 1.165) is 51.1 Å². The fourth-order valence-corrected chi connectivity index (χ4v) is 4.89. The number of aryl methyl sites for hydroxylation is 1. The number of nitrogens with zero attached hydrogens (tertiary/aromatic N) is 3. The highest BCUT2D eigenvalue weighted by atomic mass is 35.5. The lowest BCUT2D eigenvalue weighted by atomic mass is 9.98. The fraction of sp³-hybridized carbons (Fsp3) is 0.786. The molecule has 0 aromatic carbocycles. The van der Waals surface area contributed by atoms with E-state index in [1.54, 1.807) is 4.31 Å². The average Bonchev–Trinajstić information content (AvgIpc) is 3.08. The van der Waals surface area contributed by atoms with Crippen LogP contribution < -0.4 is 5.32 Å². The van der Waals surface area contributed by atoms with Gasteiger partial charge in [0.15, 0.2) is 5.03 Å². The summed E-state index contributed by atoms with van der Waals surface area (Å²) in [6.45, 7) is 6.09. The van der Waals surface area contributed by atoms with Crippen LogP contribution in [0, 0.1) is 5.92 Å². The van der Waals surface area contributed by atoms with Crippen molar-refractivity contribution in [2.24, 2.45) is 5.92 Å². The first kappa shape index (κ1) is 17.7. The van der Waals surface area contributed by atoms with Crippen LogP contribution in [0.25, 0.3) is 0 Å². The number of hydrogen-bond acceptors (Lipinski definition) is 4. The first-order chi connectivity index (χ1) is 10.1. The summed E-state index contributed by atoms with van der Waals surface area (Å²) in [5.74, 6) is 1.50. The van der Waals surface area contributed by atoms with Crippen LogP contribution in [0.15, 0.2) is 11.2 Å². The molecule has 1 fully saturated rings. The van der Waals surface area contributed by atoms with Gasteiger partial charge in [0.2, 0.25) is 0 Å². The molecule has 0 bridgehead atoms. The van der Waals surface area contributed by atoms with Crippen molar-refractivity contribution < 1.29 is 8.42 Å². The van der Waals surface area contributed by atoms with Gasteiger partial charge >= 0.3 is 0 Å². The summed E-state index contributed by atoms with van der Waals surface area (Å²) < 4.78 is 29.1. The van der Waals surface area contributed by atoms with Crippen LogP contribution >= 0.6 is 12.4 Å². The number of fused-ring (bicyclic) bond motifs is 1. The highest BCUT2D eigenvalue weighted by molar-refractivity contribution is 7.89. The molecule has 0 unspecified atom stereocenters. The van der Waals surface area contributed by atoms with Gasteiger partial charge < -0.3 is 9.88 Å². The quantitative estimate of drug-likeness (QED) is 0.870. The molecule has 1 saturated heterocycles. The number of nitrogens with one attached hydrogen (secondary N) is 1. The molecule has 1 aromatic heterocycles. The zero-order chi connectivity index (χ0) is 14.9. The third-order valence-corrected chi connectivity index (χ3v) is 6.44. The van der Waals surface area contributed by atoms with E-state index >= 15 is 0 Å². The maximum absolute atomic E-state index is 12.8. The highest BCUT2D eigenvalue weighted by Gasteiger charge is 2.33.